The van der Waals surface area contributed by atoms with E-state index in [0.717, 1.165) is 48.7 Å². The zero-order chi connectivity index (χ0) is 22.6. The number of hydrogen-bond donors (Lipinski definition) is 1. The van der Waals surface area contributed by atoms with Gasteiger partial charge in [-0.1, -0.05) is 36.4 Å². The van der Waals surface area contributed by atoms with Crippen LogP contribution in [-0.4, -0.2) is 53.7 Å². The molecule has 33 heavy (non-hydrogen) atoms. The molecular weight excluding hydrogens is 414 g/mol. The van der Waals surface area contributed by atoms with Crippen molar-refractivity contribution in [3.63, 3.8) is 0 Å². The third-order valence-corrected chi connectivity index (χ3v) is 8.71. The number of methoxy groups -OCH3 is 1. The van der Waals surface area contributed by atoms with Crippen LogP contribution in [-0.2, 0) is 28.0 Å². The van der Waals surface area contributed by atoms with Crippen LogP contribution in [0.4, 0.5) is 0 Å². The quantitative estimate of drug-likeness (QED) is 0.733. The number of benzene rings is 2. The Balaban J connectivity index is 1.36. The van der Waals surface area contributed by atoms with Gasteiger partial charge >= 0.3 is 0 Å². The molecule has 3 fully saturated rings. The van der Waals surface area contributed by atoms with Gasteiger partial charge in [0.15, 0.2) is 5.78 Å². The lowest BCUT2D eigenvalue weighted by atomic mass is 9.49. The third kappa shape index (κ3) is 3.44. The van der Waals surface area contributed by atoms with Gasteiger partial charge in [0, 0.05) is 30.8 Å². The summed E-state index contributed by atoms with van der Waals surface area (Å²) in [4.78, 5) is 16.0. The highest BCUT2D eigenvalue weighted by Crippen LogP contribution is 2.58. The molecule has 1 aliphatic heterocycles. The minimum absolute atomic E-state index is 0.0173. The lowest BCUT2D eigenvalue weighted by Gasteiger charge is -2.64. The monoisotopic (exact) mass is 447 g/mol. The summed E-state index contributed by atoms with van der Waals surface area (Å²) < 4.78 is 11.7. The predicted molar refractivity (Wildman–Crippen MR) is 125 cm³/mol. The molecule has 174 valence electrons. The minimum atomic E-state index is -0.991. The van der Waals surface area contributed by atoms with Gasteiger partial charge in [-0.2, -0.15) is 0 Å². The first kappa shape index (κ1) is 21.3. The average molecular weight is 448 g/mol. The predicted octanol–water partition coefficient (Wildman–Crippen LogP) is 3.65. The summed E-state index contributed by atoms with van der Waals surface area (Å²) in [5.74, 6) is 1.66. The van der Waals surface area contributed by atoms with Crippen LogP contribution in [0.25, 0.3) is 0 Å². The lowest BCUT2D eigenvalue weighted by Crippen LogP contribution is -2.75. The van der Waals surface area contributed by atoms with Gasteiger partial charge in [-0.25, -0.2) is 0 Å². The zero-order valence-corrected chi connectivity index (χ0v) is 19.3. The summed E-state index contributed by atoms with van der Waals surface area (Å²) >= 11 is 0. The van der Waals surface area contributed by atoms with Gasteiger partial charge in [0.25, 0.3) is 0 Å². The van der Waals surface area contributed by atoms with Gasteiger partial charge in [-0.3, -0.25) is 9.69 Å². The van der Waals surface area contributed by atoms with Crippen molar-refractivity contribution in [2.24, 2.45) is 5.92 Å². The minimum Gasteiger partial charge on any atom is -0.497 e. The first-order chi connectivity index (χ1) is 16.0. The Kier molecular flexibility index (Phi) is 5.13. The summed E-state index contributed by atoms with van der Waals surface area (Å²) in [6.07, 6.45) is 4.31. The number of hydrogen-bond acceptors (Lipinski definition) is 5. The SMILES string of the molecule is COc1ccc2c(c1)[C@]13CCN(CC4CC4)[C@H](C2)[C@]1(O)C[C@H](OCc1ccccc1)C(=O)C3. The number of piperidine rings is 1. The molecule has 3 aliphatic carbocycles. The highest BCUT2D eigenvalue weighted by Gasteiger charge is 2.66. The van der Waals surface area contributed by atoms with Gasteiger partial charge < -0.3 is 14.6 Å². The number of Topliss-reactive ketones (excluding diaryl/α,β-unsaturated/α-hetero) is 1. The first-order valence-corrected chi connectivity index (χ1v) is 12.3. The third-order valence-electron chi connectivity index (χ3n) is 8.71. The molecule has 2 aromatic rings. The molecule has 0 amide bonds. The maximum atomic E-state index is 13.5. The van der Waals surface area contributed by atoms with Gasteiger partial charge in [-0.15, -0.1) is 0 Å². The summed E-state index contributed by atoms with van der Waals surface area (Å²) in [7, 11) is 1.68. The Morgan fingerprint density at radius 2 is 1.97 bits per heavy atom. The normalized spacial score (nSPS) is 33.3. The number of nitrogens with zero attached hydrogens (tertiary/aromatic N) is 1. The van der Waals surface area contributed by atoms with E-state index in [1.54, 1.807) is 7.11 Å². The molecule has 2 saturated carbocycles. The van der Waals surface area contributed by atoms with Crippen molar-refractivity contribution in [1.29, 1.82) is 0 Å². The van der Waals surface area contributed by atoms with E-state index < -0.39 is 17.1 Å². The molecule has 1 heterocycles. The highest BCUT2D eigenvalue weighted by atomic mass is 16.5. The molecule has 1 N–H and O–H groups in total. The summed E-state index contributed by atoms with van der Waals surface area (Å²) in [6.45, 7) is 2.38. The molecule has 2 bridgehead atoms. The Morgan fingerprint density at radius 1 is 1.15 bits per heavy atom. The van der Waals surface area contributed by atoms with E-state index in [1.807, 2.05) is 36.4 Å². The van der Waals surface area contributed by atoms with E-state index in [0.29, 0.717) is 19.4 Å². The standard InChI is InChI=1S/C28H33NO4/c1-32-22-10-9-21-13-26-28(31)16-25(33-18-20-5-3-2-4-6-20)24(30)15-27(28,23(21)14-22)11-12-29(26)17-19-7-8-19/h2-6,9-10,14,19,25-26,31H,7-8,11-13,15-18H2,1H3/t25-,26+,27+,28+/m0/s1. The lowest BCUT2D eigenvalue weighted by molar-refractivity contribution is -0.195. The molecule has 1 saturated heterocycles. The molecule has 0 aromatic heterocycles. The summed E-state index contributed by atoms with van der Waals surface area (Å²) in [6, 6.07) is 16.2. The van der Waals surface area contributed by atoms with Crippen molar-refractivity contribution in [2.45, 2.75) is 68.3 Å². The van der Waals surface area contributed by atoms with Crippen molar-refractivity contribution in [3.8, 4) is 5.75 Å². The van der Waals surface area contributed by atoms with E-state index in [9.17, 15) is 9.90 Å². The fourth-order valence-electron chi connectivity index (χ4n) is 6.76. The molecule has 5 heteroatoms. The van der Waals surface area contributed by atoms with Crippen LogP contribution in [0.2, 0.25) is 0 Å². The summed E-state index contributed by atoms with van der Waals surface area (Å²) in [5.41, 5.74) is 1.86. The van der Waals surface area contributed by atoms with Crippen molar-refractivity contribution < 1.29 is 19.4 Å². The number of likely N-dealkylation sites (tertiary alicyclic amines) is 1. The molecule has 4 atom stereocenters. The molecule has 4 aliphatic rings. The van der Waals surface area contributed by atoms with Crippen LogP contribution in [0.3, 0.4) is 0 Å². The van der Waals surface area contributed by atoms with Gasteiger partial charge in [0.05, 0.1) is 19.3 Å². The Morgan fingerprint density at radius 3 is 2.73 bits per heavy atom. The Labute approximate surface area is 195 Å². The largest absolute Gasteiger partial charge is 0.497 e. The molecule has 0 radical (unpaired) electrons. The Bertz CT molecular complexity index is 1050. The maximum absolute atomic E-state index is 13.5. The highest BCUT2D eigenvalue weighted by molar-refractivity contribution is 5.87. The van der Waals surface area contributed by atoms with Crippen LogP contribution in [0, 0.1) is 5.92 Å². The van der Waals surface area contributed by atoms with Crippen molar-refractivity contribution in [3.05, 3.63) is 65.2 Å². The number of carbonyl (C=O) groups excluding carboxylic acids is 1. The maximum Gasteiger partial charge on any atom is 0.162 e. The second kappa shape index (κ2) is 7.93. The number of ketones is 1. The molecule has 6 rings (SSSR count). The average Bonchev–Trinajstić information content (AvgIpc) is 3.64. The van der Waals surface area contributed by atoms with E-state index in [1.165, 1.54) is 18.4 Å². The number of fused-ring (bicyclic) bond motifs is 1. The Hall–Kier alpha value is -2.21. The van der Waals surface area contributed by atoms with Crippen LogP contribution >= 0.6 is 0 Å². The van der Waals surface area contributed by atoms with Gasteiger partial charge in [-0.05, 0) is 67.0 Å². The van der Waals surface area contributed by atoms with Crippen molar-refractivity contribution >= 4 is 5.78 Å². The fraction of sp³-hybridized carbons (Fsp3) is 0.536. The number of carbonyl (C=O) groups is 1. The molecule has 0 spiro atoms. The van der Waals surface area contributed by atoms with E-state index in [-0.39, 0.29) is 11.8 Å². The number of rotatable bonds is 6. The van der Waals surface area contributed by atoms with Crippen LogP contribution < -0.4 is 4.74 Å². The summed E-state index contributed by atoms with van der Waals surface area (Å²) in [5, 5.41) is 12.5. The van der Waals surface area contributed by atoms with E-state index >= 15 is 0 Å². The van der Waals surface area contributed by atoms with Crippen molar-refractivity contribution in [1.82, 2.24) is 4.90 Å². The molecule has 0 unspecified atom stereocenters. The fourth-order valence-corrected chi connectivity index (χ4v) is 6.76. The second-order valence-corrected chi connectivity index (χ2v) is 10.6. The first-order valence-electron chi connectivity index (χ1n) is 12.3. The van der Waals surface area contributed by atoms with Crippen LogP contribution in [0.15, 0.2) is 48.5 Å². The van der Waals surface area contributed by atoms with Crippen LogP contribution in [0.5, 0.6) is 5.75 Å². The van der Waals surface area contributed by atoms with E-state index in [4.69, 9.17) is 9.47 Å². The molecular formula is C28H33NO4. The van der Waals surface area contributed by atoms with Gasteiger partial charge in [0.2, 0.25) is 0 Å². The second-order valence-electron chi connectivity index (χ2n) is 10.6. The number of aliphatic hydroxyl groups is 1. The topological polar surface area (TPSA) is 59.0 Å². The van der Waals surface area contributed by atoms with Gasteiger partial charge in [0.1, 0.15) is 11.9 Å². The molecule has 5 nitrogen and oxygen atoms in total. The smallest absolute Gasteiger partial charge is 0.162 e. The molecule has 2 aromatic carbocycles. The van der Waals surface area contributed by atoms with Crippen molar-refractivity contribution in [2.75, 3.05) is 20.2 Å². The van der Waals surface area contributed by atoms with E-state index in [2.05, 4.69) is 17.0 Å². The zero-order valence-electron chi connectivity index (χ0n) is 19.3. The van der Waals surface area contributed by atoms with Crippen LogP contribution in [0.1, 0.15) is 48.8 Å². The number of ether oxygens (including phenoxy) is 2.